The summed E-state index contributed by atoms with van der Waals surface area (Å²) in [7, 11) is 0. The first kappa shape index (κ1) is 17.5. The Morgan fingerprint density at radius 1 is 1.19 bits per heavy atom. The molecule has 0 aromatic heterocycles. The summed E-state index contributed by atoms with van der Waals surface area (Å²) in [5, 5.41) is 34.1. The highest BCUT2D eigenvalue weighted by Crippen LogP contribution is 2.18. The van der Waals surface area contributed by atoms with E-state index in [1.165, 1.54) is 0 Å². The van der Waals surface area contributed by atoms with E-state index in [1.54, 1.807) is 19.9 Å². The zero-order chi connectivity index (χ0) is 13.2. The standard InChI is InChI=1S/C6H14O3.C5H8O2/c1-2-6(3-7,4-8)5-9;1-3-4(2)5(6)7/h7-9H,2-5H2,1H3;3H,1-2H3,(H,6,7). The van der Waals surface area contributed by atoms with Gasteiger partial charge in [0.1, 0.15) is 0 Å². The number of hydrogen-bond donors (Lipinski definition) is 4. The topological polar surface area (TPSA) is 98.0 Å². The molecule has 0 aliphatic rings. The first-order chi connectivity index (χ1) is 7.42. The van der Waals surface area contributed by atoms with Gasteiger partial charge in [-0.25, -0.2) is 4.79 Å². The fraction of sp³-hybridized carbons (Fsp3) is 0.727. The summed E-state index contributed by atoms with van der Waals surface area (Å²) in [5.41, 5.74) is -0.278. The molecule has 5 heteroatoms. The molecule has 0 heterocycles. The second kappa shape index (κ2) is 9.33. The molecule has 0 unspecified atom stereocenters. The molecule has 0 rings (SSSR count). The fourth-order valence-corrected chi connectivity index (χ4v) is 0.609. The molecule has 16 heavy (non-hydrogen) atoms. The molecule has 0 saturated heterocycles. The average Bonchev–Trinajstić information content (AvgIpc) is 2.32. The van der Waals surface area contributed by atoms with Crippen LogP contribution in [0.25, 0.3) is 0 Å². The van der Waals surface area contributed by atoms with Crippen LogP contribution < -0.4 is 0 Å². The molecule has 96 valence electrons. The van der Waals surface area contributed by atoms with E-state index >= 15 is 0 Å². The highest BCUT2D eigenvalue weighted by atomic mass is 16.4. The van der Waals surface area contributed by atoms with Crippen LogP contribution in [0.4, 0.5) is 0 Å². The largest absolute Gasteiger partial charge is 0.478 e. The highest BCUT2D eigenvalue weighted by molar-refractivity contribution is 5.85. The van der Waals surface area contributed by atoms with Crippen molar-refractivity contribution in [3.05, 3.63) is 11.6 Å². The Hall–Kier alpha value is -0.910. The van der Waals surface area contributed by atoms with Crippen molar-refractivity contribution in [1.82, 2.24) is 0 Å². The van der Waals surface area contributed by atoms with Gasteiger partial charge in [-0.1, -0.05) is 13.0 Å². The molecule has 0 spiro atoms. The van der Waals surface area contributed by atoms with Gasteiger partial charge in [0.15, 0.2) is 0 Å². The molecule has 5 nitrogen and oxygen atoms in total. The number of aliphatic hydroxyl groups is 3. The number of rotatable bonds is 5. The first-order valence-corrected chi connectivity index (χ1v) is 5.11. The Morgan fingerprint density at radius 3 is 1.56 bits per heavy atom. The molecule has 0 aliphatic carbocycles. The van der Waals surface area contributed by atoms with Crippen LogP contribution in [0.15, 0.2) is 11.6 Å². The van der Waals surface area contributed by atoms with Crippen LogP contribution in [0.3, 0.4) is 0 Å². The van der Waals surface area contributed by atoms with Gasteiger partial charge in [-0.3, -0.25) is 0 Å². The summed E-state index contributed by atoms with van der Waals surface area (Å²) in [5.74, 6) is -0.845. The molecule has 0 saturated carbocycles. The lowest BCUT2D eigenvalue weighted by atomic mass is 9.88. The number of hydrogen-bond acceptors (Lipinski definition) is 4. The van der Waals surface area contributed by atoms with Gasteiger partial charge in [-0.05, 0) is 20.3 Å². The monoisotopic (exact) mass is 234 g/mol. The molecule has 0 radical (unpaired) electrons. The van der Waals surface area contributed by atoms with Gasteiger partial charge in [0, 0.05) is 11.0 Å². The van der Waals surface area contributed by atoms with E-state index in [0.29, 0.717) is 12.0 Å². The quantitative estimate of drug-likeness (QED) is 0.516. The molecular weight excluding hydrogens is 212 g/mol. The summed E-state index contributed by atoms with van der Waals surface area (Å²) in [6, 6.07) is 0. The smallest absolute Gasteiger partial charge is 0.330 e. The first-order valence-electron chi connectivity index (χ1n) is 5.11. The summed E-state index contributed by atoms with van der Waals surface area (Å²) in [6.45, 7) is 4.61. The second-order valence-corrected chi connectivity index (χ2v) is 3.60. The maximum absolute atomic E-state index is 9.86. The van der Waals surface area contributed by atoms with Gasteiger partial charge >= 0.3 is 5.97 Å². The van der Waals surface area contributed by atoms with Crippen molar-refractivity contribution in [1.29, 1.82) is 0 Å². The maximum Gasteiger partial charge on any atom is 0.330 e. The molecule has 0 bridgehead atoms. The van der Waals surface area contributed by atoms with E-state index < -0.39 is 11.4 Å². The number of carboxylic acid groups (broad SMARTS) is 1. The van der Waals surface area contributed by atoms with Gasteiger partial charge in [0.05, 0.1) is 19.8 Å². The molecule has 0 aromatic carbocycles. The van der Waals surface area contributed by atoms with Crippen LogP contribution in [0.2, 0.25) is 0 Å². The Morgan fingerprint density at radius 2 is 1.56 bits per heavy atom. The van der Waals surface area contributed by atoms with Gasteiger partial charge in [-0.15, -0.1) is 0 Å². The lowest BCUT2D eigenvalue weighted by molar-refractivity contribution is -0.132. The van der Waals surface area contributed by atoms with Crippen molar-refractivity contribution in [3.63, 3.8) is 0 Å². The molecule has 0 aliphatic heterocycles. The van der Waals surface area contributed by atoms with Crippen LogP contribution >= 0.6 is 0 Å². The van der Waals surface area contributed by atoms with Gasteiger partial charge in [0.25, 0.3) is 0 Å². The minimum Gasteiger partial charge on any atom is -0.478 e. The minimum atomic E-state index is -0.845. The summed E-state index contributed by atoms with van der Waals surface area (Å²) in [4.78, 5) is 9.86. The van der Waals surface area contributed by atoms with Crippen molar-refractivity contribution in [3.8, 4) is 0 Å². The normalized spacial score (nSPS) is 11.8. The summed E-state index contributed by atoms with van der Waals surface area (Å²) in [6.07, 6.45) is 2.15. The van der Waals surface area contributed by atoms with Gasteiger partial charge in [-0.2, -0.15) is 0 Å². The number of carbonyl (C=O) groups is 1. The lowest BCUT2D eigenvalue weighted by Crippen LogP contribution is -2.32. The maximum atomic E-state index is 9.86. The Balaban J connectivity index is 0. The molecule has 0 fully saturated rings. The minimum absolute atomic E-state index is 0.156. The number of allylic oxidation sites excluding steroid dienone is 1. The van der Waals surface area contributed by atoms with Gasteiger partial charge in [0.2, 0.25) is 0 Å². The molecule has 4 N–H and O–H groups in total. The molecule has 0 aromatic rings. The lowest BCUT2D eigenvalue weighted by Gasteiger charge is -2.24. The zero-order valence-electron chi connectivity index (χ0n) is 10.1. The van der Waals surface area contributed by atoms with Crippen LogP contribution in [0, 0.1) is 5.41 Å². The molecule has 0 atom stereocenters. The summed E-state index contributed by atoms with van der Waals surface area (Å²) < 4.78 is 0. The number of aliphatic carboxylic acids is 1. The average molecular weight is 234 g/mol. The van der Waals surface area contributed by atoms with E-state index in [1.807, 2.05) is 6.92 Å². The predicted octanol–water partition coefficient (Wildman–Crippen LogP) is 0.397. The summed E-state index contributed by atoms with van der Waals surface area (Å²) >= 11 is 0. The zero-order valence-corrected chi connectivity index (χ0v) is 10.1. The second-order valence-electron chi connectivity index (χ2n) is 3.60. The van der Waals surface area contributed by atoms with Crippen LogP contribution in [-0.4, -0.2) is 46.2 Å². The van der Waals surface area contributed by atoms with Crippen LogP contribution in [-0.2, 0) is 4.79 Å². The van der Waals surface area contributed by atoms with E-state index in [0.717, 1.165) is 0 Å². The SMILES string of the molecule is CC=C(C)C(=O)O.CCC(CO)(CO)CO. The third-order valence-electron chi connectivity index (χ3n) is 2.53. The third-order valence-corrected chi connectivity index (χ3v) is 2.53. The van der Waals surface area contributed by atoms with Gasteiger partial charge < -0.3 is 20.4 Å². The van der Waals surface area contributed by atoms with Crippen molar-refractivity contribution < 1.29 is 25.2 Å². The van der Waals surface area contributed by atoms with Crippen molar-refractivity contribution in [2.45, 2.75) is 27.2 Å². The number of aliphatic hydroxyl groups excluding tert-OH is 3. The van der Waals surface area contributed by atoms with E-state index in [2.05, 4.69) is 0 Å². The molecular formula is C11H22O5. The van der Waals surface area contributed by atoms with Crippen LogP contribution in [0.1, 0.15) is 27.2 Å². The Kier molecular flexibility index (Phi) is 10.2. The third kappa shape index (κ3) is 6.55. The van der Waals surface area contributed by atoms with E-state index in [-0.39, 0.29) is 19.8 Å². The number of carboxylic acids is 1. The van der Waals surface area contributed by atoms with E-state index in [4.69, 9.17) is 20.4 Å². The molecule has 0 amide bonds. The van der Waals surface area contributed by atoms with Crippen molar-refractivity contribution in [2.24, 2.45) is 5.41 Å². The van der Waals surface area contributed by atoms with E-state index in [9.17, 15) is 4.79 Å². The fourth-order valence-electron chi connectivity index (χ4n) is 0.609. The Bertz CT molecular complexity index is 201. The predicted molar refractivity (Wildman–Crippen MR) is 61.0 cm³/mol. The highest BCUT2D eigenvalue weighted by Gasteiger charge is 2.24. The van der Waals surface area contributed by atoms with Crippen molar-refractivity contribution >= 4 is 5.97 Å². The van der Waals surface area contributed by atoms with Crippen LogP contribution in [0.5, 0.6) is 0 Å². The van der Waals surface area contributed by atoms with Crippen molar-refractivity contribution in [2.75, 3.05) is 19.8 Å². The Labute approximate surface area is 96.0 Å².